The molecular weight excluding hydrogens is 342 g/mol. The first-order valence-corrected chi connectivity index (χ1v) is 9.79. The van der Waals surface area contributed by atoms with E-state index in [4.69, 9.17) is 22.1 Å². The molecule has 0 amide bonds. The summed E-state index contributed by atoms with van der Waals surface area (Å²) in [6.45, 7) is 6.02. The normalized spacial score (nSPS) is 19.6. The molecule has 130 valence electrons. The zero-order valence-electron chi connectivity index (χ0n) is 14.4. The average molecular weight is 366 g/mol. The van der Waals surface area contributed by atoms with E-state index in [9.17, 15) is 0 Å². The van der Waals surface area contributed by atoms with Crippen molar-refractivity contribution in [2.75, 3.05) is 5.75 Å². The van der Waals surface area contributed by atoms with Gasteiger partial charge in [0, 0.05) is 23.2 Å². The lowest BCUT2D eigenvalue weighted by molar-refractivity contribution is 0.204. The van der Waals surface area contributed by atoms with Crippen LogP contribution in [0.15, 0.2) is 18.5 Å². The van der Waals surface area contributed by atoms with Crippen LogP contribution in [0.25, 0.3) is 10.8 Å². The molecule has 2 aromatic heterocycles. The van der Waals surface area contributed by atoms with E-state index >= 15 is 0 Å². The number of nitrogens with two attached hydrogens (primary N) is 1. The zero-order valence-corrected chi connectivity index (χ0v) is 16.0. The molecule has 0 saturated carbocycles. The fraction of sp³-hybridized carbons (Fsp3) is 0.556. The van der Waals surface area contributed by atoms with Crippen molar-refractivity contribution < 1.29 is 4.74 Å². The van der Waals surface area contributed by atoms with Gasteiger partial charge in [-0.25, -0.2) is 9.97 Å². The van der Waals surface area contributed by atoms with Crippen molar-refractivity contribution in [3.05, 3.63) is 29.2 Å². The van der Waals surface area contributed by atoms with Gasteiger partial charge in [0.25, 0.3) is 0 Å². The van der Waals surface area contributed by atoms with Gasteiger partial charge in [-0.3, -0.25) is 0 Å². The molecule has 0 radical (unpaired) electrons. The van der Waals surface area contributed by atoms with Crippen molar-refractivity contribution in [1.29, 1.82) is 0 Å². The molecule has 0 aliphatic carbocycles. The topological polar surface area (TPSA) is 61.0 Å². The lowest BCUT2D eigenvalue weighted by atomic mass is 9.93. The summed E-state index contributed by atoms with van der Waals surface area (Å²) < 4.78 is 6.15. The number of nitrogens with zero attached hydrogens (tertiary/aromatic N) is 2. The maximum absolute atomic E-state index is 6.29. The highest BCUT2D eigenvalue weighted by molar-refractivity contribution is 8.00. The summed E-state index contributed by atoms with van der Waals surface area (Å²) in [5.74, 6) is 1.87. The number of aromatic nitrogens is 2. The fourth-order valence-corrected chi connectivity index (χ4v) is 4.70. The van der Waals surface area contributed by atoms with Gasteiger partial charge >= 0.3 is 0 Å². The molecule has 0 spiro atoms. The predicted molar refractivity (Wildman–Crippen MR) is 102 cm³/mol. The quantitative estimate of drug-likeness (QED) is 0.788. The first kappa shape index (κ1) is 17.8. The van der Waals surface area contributed by atoms with Crippen molar-refractivity contribution >= 4 is 34.1 Å². The summed E-state index contributed by atoms with van der Waals surface area (Å²) in [6.07, 6.45) is 7.27. The number of thioether (sulfide) groups is 1. The molecule has 6 heteroatoms. The van der Waals surface area contributed by atoms with Gasteiger partial charge in [-0.1, -0.05) is 11.6 Å². The van der Waals surface area contributed by atoms with E-state index in [1.807, 2.05) is 31.7 Å². The van der Waals surface area contributed by atoms with E-state index in [0.717, 1.165) is 22.8 Å². The van der Waals surface area contributed by atoms with E-state index in [1.54, 1.807) is 12.4 Å². The second-order valence-corrected chi connectivity index (χ2v) is 8.85. The van der Waals surface area contributed by atoms with E-state index < -0.39 is 5.54 Å². The van der Waals surface area contributed by atoms with E-state index in [2.05, 4.69) is 16.9 Å². The van der Waals surface area contributed by atoms with Crippen molar-refractivity contribution in [1.82, 2.24) is 9.97 Å². The summed E-state index contributed by atoms with van der Waals surface area (Å²) in [7, 11) is 0. The first-order valence-electron chi connectivity index (χ1n) is 8.36. The van der Waals surface area contributed by atoms with Crippen molar-refractivity contribution in [2.45, 2.75) is 56.9 Å². The van der Waals surface area contributed by atoms with Crippen LogP contribution in [-0.4, -0.2) is 27.1 Å². The van der Waals surface area contributed by atoms with Crippen molar-refractivity contribution in [3.8, 4) is 5.88 Å². The fourth-order valence-electron chi connectivity index (χ4n) is 3.13. The molecular formula is C18H24ClN3OS. The second kappa shape index (κ2) is 7.06. The summed E-state index contributed by atoms with van der Waals surface area (Å²) in [5, 5.41) is 2.96. The second-order valence-electron chi connectivity index (χ2n) is 7.05. The van der Waals surface area contributed by atoms with Crippen molar-refractivity contribution in [2.24, 2.45) is 5.73 Å². The lowest BCUT2D eigenvalue weighted by Crippen LogP contribution is -2.29. The van der Waals surface area contributed by atoms with Gasteiger partial charge in [0.1, 0.15) is 5.15 Å². The number of hydrogen-bond donors (Lipinski definition) is 1. The monoisotopic (exact) mass is 365 g/mol. The Balaban J connectivity index is 1.91. The van der Waals surface area contributed by atoms with Gasteiger partial charge in [0.15, 0.2) is 0 Å². The molecule has 0 aromatic carbocycles. The predicted octanol–water partition coefficient (Wildman–Crippen LogP) is 4.53. The largest absolute Gasteiger partial charge is 0.474 e. The summed E-state index contributed by atoms with van der Waals surface area (Å²) in [4.78, 5) is 8.73. The summed E-state index contributed by atoms with van der Waals surface area (Å²) >= 11 is 8.14. The SMILES string of the molecule is CC(CC1CCCS1)Oc1ncc(C(C)(C)N)c2cc(Cl)ncc12. The lowest BCUT2D eigenvalue weighted by Gasteiger charge is -2.23. The third-order valence-electron chi connectivity index (χ3n) is 4.33. The Kier molecular flexibility index (Phi) is 5.23. The van der Waals surface area contributed by atoms with Crippen LogP contribution in [0.2, 0.25) is 5.15 Å². The Bertz CT molecular complexity index is 726. The van der Waals surface area contributed by atoms with Gasteiger partial charge in [0.2, 0.25) is 5.88 Å². The van der Waals surface area contributed by atoms with Crippen LogP contribution in [0.4, 0.5) is 0 Å². The number of pyridine rings is 2. The Labute approximate surface area is 152 Å². The third kappa shape index (κ3) is 3.95. The molecule has 2 unspecified atom stereocenters. The van der Waals surface area contributed by atoms with Crippen LogP contribution in [0.3, 0.4) is 0 Å². The van der Waals surface area contributed by atoms with Gasteiger partial charge in [-0.2, -0.15) is 11.8 Å². The Hall–Kier alpha value is -1.04. The average Bonchev–Trinajstić information content (AvgIpc) is 2.98. The number of rotatable bonds is 5. The molecule has 24 heavy (non-hydrogen) atoms. The Morgan fingerprint density at radius 2 is 2.17 bits per heavy atom. The maximum Gasteiger partial charge on any atom is 0.223 e. The Morgan fingerprint density at radius 3 is 2.83 bits per heavy atom. The van der Waals surface area contributed by atoms with Crippen molar-refractivity contribution in [3.63, 3.8) is 0 Å². The molecule has 3 rings (SSSR count). The molecule has 0 bridgehead atoms. The minimum atomic E-state index is -0.513. The smallest absolute Gasteiger partial charge is 0.223 e. The van der Waals surface area contributed by atoms with Crippen LogP contribution in [0.5, 0.6) is 5.88 Å². The molecule has 1 fully saturated rings. The van der Waals surface area contributed by atoms with Crippen LogP contribution >= 0.6 is 23.4 Å². The highest BCUT2D eigenvalue weighted by Crippen LogP contribution is 2.34. The minimum Gasteiger partial charge on any atom is -0.474 e. The van der Waals surface area contributed by atoms with Gasteiger partial charge in [-0.15, -0.1) is 0 Å². The molecule has 2 aromatic rings. The van der Waals surface area contributed by atoms with Crippen LogP contribution in [0, 0.1) is 0 Å². The van der Waals surface area contributed by atoms with Gasteiger partial charge < -0.3 is 10.5 Å². The highest BCUT2D eigenvalue weighted by Gasteiger charge is 2.23. The van der Waals surface area contributed by atoms with Crippen LogP contribution in [-0.2, 0) is 5.54 Å². The van der Waals surface area contributed by atoms with E-state index in [0.29, 0.717) is 16.3 Å². The highest BCUT2D eigenvalue weighted by atomic mass is 35.5. The zero-order chi connectivity index (χ0) is 17.3. The molecule has 3 heterocycles. The molecule has 1 saturated heterocycles. The summed E-state index contributed by atoms with van der Waals surface area (Å²) in [6, 6.07) is 1.84. The maximum atomic E-state index is 6.29. The molecule has 1 aliphatic heterocycles. The molecule has 4 nitrogen and oxygen atoms in total. The number of hydrogen-bond acceptors (Lipinski definition) is 5. The number of fused-ring (bicyclic) bond motifs is 1. The van der Waals surface area contributed by atoms with Gasteiger partial charge in [0.05, 0.1) is 11.5 Å². The standard InChI is InChI=1S/C18H24ClN3OS/c1-11(7-12-5-4-6-24-12)23-17-14-9-21-16(19)8-13(14)15(10-22-17)18(2,3)20/h8-12H,4-7,20H2,1-3H3. The van der Waals surface area contributed by atoms with Gasteiger partial charge in [-0.05, 0) is 62.8 Å². The molecule has 2 atom stereocenters. The third-order valence-corrected chi connectivity index (χ3v) is 5.96. The number of halogens is 1. The van der Waals surface area contributed by atoms with Crippen LogP contribution < -0.4 is 10.5 Å². The van der Waals surface area contributed by atoms with Crippen LogP contribution in [0.1, 0.15) is 45.6 Å². The summed E-state index contributed by atoms with van der Waals surface area (Å²) in [5.41, 5.74) is 6.71. The van der Waals surface area contributed by atoms with E-state index in [1.165, 1.54) is 18.6 Å². The molecule has 1 aliphatic rings. The Morgan fingerprint density at radius 1 is 1.38 bits per heavy atom. The molecule has 2 N–H and O–H groups in total. The first-order chi connectivity index (χ1) is 11.3. The van der Waals surface area contributed by atoms with E-state index in [-0.39, 0.29) is 6.10 Å². The number of ether oxygens (including phenoxy) is 1. The minimum absolute atomic E-state index is 0.115.